The van der Waals surface area contributed by atoms with Crippen molar-refractivity contribution >= 4 is 21.4 Å². The highest BCUT2D eigenvalue weighted by Crippen LogP contribution is 2.35. The Bertz CT molecular complexity index is 930. The number of nitrogens with zero attached hydrogens (tertiary/aromatic N) is 1. The summed E-state index contributed by atoms with van der Waals surface area (Å²) in [5, 5.41) is 10.8. The van der Waals surface area contributed by atoms with Crippen molar-refractivity contribution in [1.82, 2.24) is 0 Å². The molecular weight excluding hydrogens is 356 g/mol. The van der Waals surface area contributed by atoms with Crippen LogP contribution < -0.4 is 4.72 Å². The molecule has 24 heavy (non-hydrogen) atoms. The molecule has 0 aromatic heterocycles. The van der Waals surface area contributed by atoms with Gasteiger partial charge in [0.15, 0.2) is 17.3 Å². The fourth-order valence-electron chi connectivity index (χ4n) is 1.80. The molecule has 0 heterocycles. The van der Waals surface area contributed by atoms with Crippen molar-refractivity contribution in [3.8, 4) is 0 Å². The first-order chi connectivity index (χ1) is 11.1. The van der Waals surface area contributed by atoms with E-state index in [0.717, 1.165) is 12.1 Å². The number of sulfonamides is 1. The van der Waals surface area contributed by atoms with Crippen LogP contribution in [-0.2, 0) is 10.0 Å². The summed E-state index contributed by atoms with van der Waals surface area (Å²) in [6, 6.07) is 4.95. The number of benzene rings is 2. The molecule has 0 radical (unpaired) electrons. The highest BCUT2D eigenvalue weighted by Gasteiger charge is 2.35. The Morgan fingerprint density at radius 2 is 1.46 bits per heavy atom. The molecule has 0 spiro atoms. The van der Waals surface area contributed by atoms with Crippen LogP contribution in [0.4, 0.5) is 28.9 Å². The summed E-state index contributed by atoms with van der Waals surface area (Å²) in [4.78, 5) is 8.80. The standard InChI is InChI=1S/C13H8F4N2O4S/c1-6-2-4-7(5-3-6)24(22,23)18-12-10(16)8(14)9(15)11(17)13(12)19(20)21/h2-5,18H,1H3. The number of nitro groups is 1. The van der Waals surface area contributed by atoms with Gasteiger partial charge >= 0.3 is 5.69 Å². The van der Waals surface area contributed by atoms with Crippen LogP contribution in [0, 0.1) is 40.3 Å². The average molecular weight is 364 g/mol. The zero-order chi connectivity index (χ0) is 18.2. The van der Waals surface area contributed by atoms with Crippen molar-refractivity contribution in [2.75, 3.05) is 4.72 Å². The van der Waals surface area contributed by atoms with E-state index in [1.807, 2.05) is 0 Å². The number of hydrogen-bond donors (Lipinski definition) is 1. The Kier molecular flexibility index (Phi) is 4.47. The average Bonchev–Trinajstić information content (AvgIpc) is 2.50. The van der Waals surface area contributed by atoms with Crippen molar-refractivity contribution in [3.05, 3.63) is 63.2 Å². The van der Waals surface area contributed by atoms with E-state index in [9.17, 15) is 36.1 Å². The molecule has 128 valence electrons. The quantitative estimate of drug-likeness (QED) is 0.296. The van der Waals surface area contributed by atoms with Gasteiger partial charge in [-0.1, -0.05) is 17.7 Å². The van der Waals surface area contributed by atoms with Crippen LogP contribution in [0.2, 0.25) is 0 Å². The van der Waals surface area contributed by atoms with Gasteiger partial charge in [0, 0.05) is 0 Å². The summed E-state index contributed by atoms with van der Waals surface area (Å²) >= 11 is 0. The van der Waals surface area contributed by atoms with E-state index in [1.54, 1.807) is 6.92 Å². The molecule has 0 amide bonds. The van der Waals surface area contributed by atoms with E-state index in [-0.39, 0.29) is 0 Å². The van der Waals surface area contributed by atoms with Gasteiger partial charge in [0.05, 0.1) is 9.82 Å². The zero-order valence-corrected chi connectivity index (χ0v) is 12.6. The minimum atomic E-state index is -4.61. The second-order valence-electron chi connectivity index (χ2n) is 4.66. The predicted molar refractivity (Wildman–Crippen MR) is 74.9 cm³/mol. The number of anilines is 1. The number of halogens is 4. The van der Waals surface area contributed by atoms with E-state index in [0.29, 0.717) is 5.56 Å². The zero-order valence-electron chi connectivity index (χ0n) is 11.8. The molecule has 6 nitrogen and oxygen atoms in total. The maximum atomic E-state index is 13.8. The van der Waals surface area contributed by atoms with Crippen molar-refractivity contribution in [2.24, 2.45) is 0 Å². The van der Waals surface area contributed by atoms with Crippen LogP contribution in [0.1, 0.15) is 5.56 Å². The lowest BCUT2D eigenvalue weighted by molar-refractivity contribution is -0.387. The Labute approximate surface area is 132 Å². The van der Waals surface area contributed by atoms with Gasteiger partial charge in [-0.2, -0.15) is 4.39 Å². The summed E-state index contributed by atoms with van der Waals surface area (Å²) < 4.78 is 79.3. The van der Waals surface area contributed by atoms with E-state index < -0.39 is 54.5 Å². The number of rotatable bonds is 4. The predicted octanol–water partition coefficient (Wildman–Crippen LogP) is 3.26. The van der Waals surface area contributed by atoms with Crippen molar-refractivity contribution in [2.45, 2.75) is 11.8 Å². The molecule has 0 aliphatic carbocycles. The topological polar surface area (TPSA) is 89.3 Å². The van der Waals surface area contributed by atoms with Crippen LogP contribution >= 0.6 is 0 Å². The van der Waals surface area contributed by atoms with Crippen LogP contribution in [-0.4, -0.2) is 13.3 Å². The lowest BCUT2D eigenvalue weighted by Crippen LogP contribution is -2.17. The Hall–Kier alpha value is -2.69. The van der Waals surface area contributed by atoms with Gasteiger partial charge in [0.1, 0.15) is 0 Å². The minimum Gasteiger partial charge on any atom is -0.270 e. The Morgan fingerprint density at radius 3 is 1.96 bits per heavy atom. The smallest absolute Gasteiger partial charge is 0.270 e. The summed E-state index contributed by atoms with van der Waals surface area (Å²) in [6.07, 6.45) is 0. The molecule has 0 unspecified atom stereocenters. The second-order valence-corrected chi connectivity index (χ2v) is 6.34. The maximum absolute atomic E-state index is 13.8. The number of nitrogens with one attached hydrogen (secondary N) is 1. The molecule has 0 fully saturated rings. The molecule has 0 saturated heterocycles. The lowest BCUT2D eigenvalue weighted by Gasteiger charge is -2.11. The maximum Gasteiger partial charge on any atom is 0.334 e. The van der Waals surface area contributed by atoms with Crippen LogP contribution in [0.3, 0.4) is 0 Å². The molecule has 11 heteroatoms. The molecule has 1 N–H and O–H groups in total. The van der Waals surface area contributed by atoms with Gasteiger partial charge in [-0.15, -0.1) is 0 Å². The molecule has 0 saturated carbocycles. The summed E-state index contributed by atoms with van der Waals surface area (Å²) in [5.74, 6) is -9.34. The van der Waals surface area contributed by atoms with Gasteiger partial charge < -0.3 is 0 Å². The Morgan fingerprint density at radius 1 is 0.958 bits per heavy atom. The van der Waals surface area contributed by atoms with Gasteiger partial charge in [-0.05, 0) is 19.1 Å². The molecule has 0 atom stereocenters. The van der Waals surface area contributed by atoms with Gasteiger partial charge in [-0.3, -0.25) is 14.8 Å². The van der Waals surface area contributed by atoms with Crippen molar-refractivity contribution < 1.29 is 30.9 Å². The lowest BCUT2D eigenvalue weighted by atomic mass is 10.2. The summed E-state index contributed by atoms with van der Waals surface area (Å²) in [7, 11) is -4.61. The molecule has 2 aromatic carbocycles. The van der Waals surface area contributed by atoms with Crippen LogP contribution in [0.15, 0.2) is 29.2 Å². The van der Waals surface area contributed by atoms with E-state index in [4.69, 9.17) is 0 Å². The normalized spacial score (nSPS) is 11.4. The molecule has 2 aromatic rings. The number of nitro benzene ring substituents is 1. The molecular formula is C13H8F4N2O4S. The third kappa shape index (κ3) is 3.02. The molecule has 0 aliphatic rings. The van der Waals surface area contributed by atoms with E-state index in [2.05, 4.69) is 0 Å². The first kappa shape index (κ1) is 17.7. The summed E-state index contributed by atoms with van der Waals surface area (Å²) in [5.41, 5.74) is -2.80. The molecule has 2 rings (SSSR count). The monoisotopic (exact) mass is 364 g/mol. The molecule has 0 aliphatic heterocycles. The third-order valence-corrected chi connectivity index (χ3v) is 4.36. The van der Waals surface area contributed by atoms with Crippen LogP contribution in [0.25, 0.3) is 0 Å². The minimum absolute atomic E-state index is 0.438. The van der Waals surface area contributed by atoms with Crippen LogP contribution in [0.5, 0.6) is 0 Å². The number of hydrogen-bond acceptors (Lipinski definition) is 4. The first-order valence-corrected chi connectivity index (χ1v) is 7.64. The second kappa shape index (κ2) is 6.07. The Balaban J connectivity index is 2.65. The van der Waals surface area contributed by atoms with E-state index in [1.165, 1.54) is 16.9 Å². The van der Waals surface area contributed by atoms with Gasteiger partial charge in [-0.25, -0.2) is 21.6 Å². The first-order valence-electron chi connectivity index (χ1n) is 6.16. The SMILES string of the molecule is Cc1ccc(S(=O)(=O)Nc2c(F)c(F)c(F)c(F)c2[N+](=O)[O-])cc1. The third-order valence-electron chi connectivity index (χ3n) is 2.99. The van der Waals surface area contributed by atoms with E-state index >= 15 is 0 Å². The highest BCUT2D eigenvalue weighted by atomic mass is 32.2. The molecule has 0 bridgehead atoms. The highest BCUT2D eigenvalue weighted by molar-refractivity contribution is 7.92. The van der Waals surface area contributed by atoms with Crippen molar-refractivity contribution in [1.29, 1.82) is 0 Å². The number of aryl methyl sites for hydroxylation is 1. The van der Waals surface area contributed by atoms with Gasteiger partial charge in [0.25, 0.3) is 10.0 Å². The van der Waals surface area contributed by atoms with Crippen molar-refractivity contribution in [3.63, 3.8) is 0 Å². The fourth-order valence-corrected chi connectivity index (χ4v) is 2.86. The van der Waals surface area contributed by atoms with Gasteiger partial charge in [0.2, 0.25) is 11.6 Å². The summed E-state index contributed by atoms with van der Waals surface area (Å²) in [6.45, 7) is 1.65. The fraction of sp³-hybridized carbons (Fsp3) is 0.0769. The largest absolute Gasteiger partial charge is 0.334 e.